The summed E-state index contributed by atoms with van der Waals surface area (Å²) in [6, 6.07) is 0.410. The van der Waals surface area contributed by atoms with Crippen molar-refractivity contribution in [2.45, 2.75) is 12.4 Å². The smallest absolute Gasteiger partial charge is 0.366 e. The van der Waals surface area contributed by atoms with Crippen LogP contribution >= 0.6 is 15.9 Å². The van der Waals surface area contributed by atoms with Gasteiger partial charge in [-0.2, -0.15) is 26.3 Å². The maximum Gasteiger partial charge on any atom is 0.417 e. The van der Waals surface area contributed by atoms with Crippen LogP contribution < -0.4 is 5.73 Å². The van der Waals surface area contributed by atoms with Crippen molar-refractivity contribution < 1.29 is 31.1 Å². The Morgan fingerprint density at radius 2 is 1.39 bits per heavy atom. The monoisotopic (exact) mass is 335 g/mol. The number of nitrogens with two attached hydrogens (primary N) is 1. The van der Waals surface area contributed by atoms with Gasteiger partial charge in [-0.05, 0) is 28.1 Å². The van der Waals surface area contributed by atoms with Crippen molar-refractivity contribution >= 4 is 21.8 Å². The minimum Gasteiger partial charge on any atom is -0.366 e. The Balaban J connectivity index is 3.64. The first-order valence-electron chi connectivity index (χ1n) is 4.23. The van der Waals surface area contributed by atoms with Crippen molar-refractivity contribution in [3.63, 3.8) is 0 Å². The van der Waals surface area contributed by atoms with Crippen LogP contribution in [0.3, 0.4) is 0 Å². The molecular formula is C9H4BrF6NO. The van der Waals surface area contributed by atoms with Gasteiger partial charge in [-0.25, -0.2) is 0 Å². The maximum absolute atomic E-state index is 12.5. The molecule has 0 bridgehead atoms. The summed E-state index contributed by atoms with van der Waals surface area (Å²) >= 11 is 2.34. The highest BCUT2D eigenvalue weighted by Crippen LogP contribution is 2.41. The highest BCUT2D eigenvalue weighted by Gasteiger charge is 2.40. The van der Waals surface area contributed by atoms with Crippen molar-refractivity contribution in [2.24, 2.45) is 5.73 Å². The van der Waals surface area contributed by atoms with Crippen molar-refractivity contribution in [1.29, 1.82) is 0 Å². The number of benzene rings is 1. The maximum atomic E-state index is 12.5. The third kappa shape index (κ3) is 2.77. The lowest BCUT2D eigenvalue weighted by molar-refractivity contribution is -0.142. The number of rotatable bonds is 1. The Hall–Kier alpha value is -1.25. The van der Waals surface area contributed by atoms with Crippen molar-refractivity contribution in [2.75, 3.05) is 0 Å². The van der Waals surface area contributed by atoms with Gasteiger partial charge in [-0.3, -0.25) is 4.79 Å². The lowest BCUT2D eigenvalue weighted by Crippen LogP contribution is -2.21. The van der Waals surface area contributed by atoms with Gasteiger partial charge >= 0.3 is 12.4 Å². The van der Waals surface area contributed by atoms with Crippen LogP contribution in [0.1, 0.15) is 21.5 Å². The SMILES string of the molecule is NC(=O)c1c(C(F)(F)F)ccc(C(F)(F)F)c1Br. The third-order valence-corrected chi connectivity index (χ3v) is 2.82. The van der Waals surface area contributed by atoms with E-state index in [1.165, 1.54) is 0 Å². The largest absolute Gasteiger partial charge is 0.417 e. The van der Waals surface area contributed by atoms with E-state index in [-0.39, 0.29) is 12.1 Å². The Labute approximate surface area is 105 Å². The van der Waals surface area contributed by atoms with Crippen LogP contribution in [0.5, 0.6) is 0 Å². The van der Waals surface area contributed by atoms with Gasteiger partial charge in [-0.15, -0.1) is 0 Å². The summed E-state index contributed by atoms with van der Waals surface area (Å²) in [6.45, 7) is 0. The first kappa shape index (κ1) is 14.8. The average Bonchev–Trinajstić information content (AvgIpc) is 2.12. The molecule has 0 atom stereocenters. The Morgan fingerprint density at radius 3 is 1.72 bits per heavy atom. The summed E-state index contributed by atoms with van der Waals surface area (Å²) in [5.41, 5.74) is 0.532. The van der Waals surface area contributed by atoms with E-state index in [9.17, 15) is 31.1 Å². The minimum atomic E-state index is -4.98. The molecule has 1 amide bonds. The zero-order valence-electron chi connectivity index (χ0n) is 8.29. The molecule has 0 aliphatic carbocycles. The van der Waals surface area contributed by atoms with Crippen LogP contribution in [0.4, 0.5) is 26.3 Å². The highest BCUT2D eigenvalue weighted by atomic mass is 79.9. The number of hydrogen-bond donors (Lipinski definition) is 1. The second-order valence-corrected chi connectivity index (χ2v) is 4.00. The minimum absolute atomic E-state index is 0.174. The molecule has 1 rings (SSSR count). The summed E-state index contributed by atoms with van der Waals surface area (Å²) in [6.07, 6.45) is -9.87. The van der Waals surface area contributed by atoms with Gasteiger partial charge < -0.3 is 5.73 Å². The molecule has 2 nitrogen and oxygen atoms in total. The number of hydrogen-bond acceptors (Lipinski definition) is 1. The van der Waals surface area contributed by atoms with Crippen LogP contribution in [0, 0.1) is 0 Å². The van der Waals surface area contributed by atoms with E-state index in [2.05, 4.69) is 21.7 Å². The summed E-state index contributed by atoms with van der Waals surface area (Å²) in [5, 5.41) is 0. The van der Waals surface area contributed by atoms with Crippen molar-refractivity contribution in [3.8, 4) is 0 Å². The van der Waals surface area contributed by atoms with Gasteiger partial charge in [0.1, 0.15) is 0 Å². The van der Waals surface area contributed by atoms with E-state index in [0.717, 1.165) is 0 Å². The fourth-order valence-electron chi connectivity index (χ4n) is 1.27. The number of primary amides is 1. The van der Waals surface area contributed by atoms with E-state index in [0.29, 0.717) is 0 Å². The molecule has 1 aromatic carbocycles. The number of carbonyl (C=O) groups excluding carboxylic acids is 1. The van der Waals surface area contributed by atoms with Crippen LogP contribution in [0.15, 0.2) is 16.6 Å². The fraction of sp³-hybridized carbons (Fsp3) is 0.222. The zero-order chi connectivity index (χ0) is 14.3. The molecular weight excluding hydrogens is 332 g/mol. The first-order chi connectivity index (χ1) is 7.96. The molecule has 0 heterocycles. The molecule has 0 fully saturated rings. The van der Waals surface area contributed by atoms with E-state index >= 15 is 0 Å². The number of carbonyl (C=O) groups is 1. The second kappa shape index (κ2) is 4.45. The Bertz CT molecular complexity index is 493. The van der Waals surface area contributed by atoms with Gasteiger partial charge in [0.25, 0.3) is 0 Å². The molecule has 0 radical (unpaired) electrons. The highest BCUT2D eigenvalue weighted by molar-refractivity contribution is 9.10. The molecule has 9 heteroatoms. The molecule has 18 heavy (non-hydrogen) atoms. The summed E-state index contributed by atoms with van der Waals surface area (Å²) in [7, 11) is 0. The standard InChI is InChI=1S/C9H4BrF6NO/c10-6-4(9(14,15)16)2-1-3(8(11,12)13)5(6)7(17)18/h1-2H,(H2,17,18). The first-order valence-corrected chi connectivity index (χ1v) is 5.02. The van der Waals surface area contributed by atoms with Crippen LogP contribution in [0.25, 0.3) is 0 Å². The van der Waals surface area contributed by atoms with Gasteiger partial charge in [0.2, 0.25) is 5.91 Å². The summed E-state index contributed by atoms with van der Waals surface area (Å²) < 4.78 is 73.9. The number of alkyl halides is 6. The Morgan fingerprint density at radius 1 is 1.00 bits per heavy atom. The predicted molar refractivity (Wildman–Crippen MR) is 52.7 cm³/mol. The summed E-state index contributed by atoms with van der Waals surface area (Å²) in [4.78, 5) is 10.9. The van der Waals surface area contributed by atoms with E-state index in [1.54, 1.807) is 0 Å². The van der Waals surface area contributed by atoms with Crippen LogP contribution in [-0.2, 0) is 12.4 Å². The van der Waals surface area contributed by atoms with Crippen molar-refractivity contribution in [3.05, 3.63) is 33.3 Å². The van der Waals surface area contributed by atoms with Gasteiger partial charge in [0.15, 0.2) is 0 Å². The van der Waals surface area contributed by atoms with Crippen LogP contribution in [-0.4, -0.2) is 5.91 Å². The van der Waals surface area contributed by atoms with E-state index in [4.69, 9.17) is 0 Å². The zero-order valence-corrected chi connectivity index (χ0v) is 9.87. The normalized spacial score (nSPS) is 12.6. The molecule has 2 N–H and O–H groups in total. The molecule has 0 aromatic heterocycles. The van der Waals surface area contributed by atoms with E-state index < -0.39 is 39.4 Å². The molecule has 0 saturated heterocycles. The number of amides is 1. The Kier molecular flexibility index (Phi) is 3.66. The third-order valence-electron chi connectivity index (χ3n) is 2.00. The lowest BCUT2D eigenvalue weighted by atomic mass is 10.0. The molecule has 0 aliphatic rings. The molecule has 0 unspecified atom stereocenters. The quantitative estimate of drug-likeness (QED) is 0.783. The molecule has 1 aromatic rings. The van der Waals surface area contributed by atoms with Gasteiger partial charge in [0.05, 0.1) is 16.7 Å². The lowest BCUT2D eigenvalue weighted by Gasteiger charge is -2.16. The molecule has 0 aliphatic heterocycles. The molecule has 0 spiro atoms. The molecule has 0 saturated carbocycles. The number of halogens is 7. The fourth-order valence-corrected chi connectivity index (χ4v) is 2.04. The molecule has 100 valence electrons. The van der Waals surface area contributed by atoms with Crippen molar-refractivity contribution in [1.82, 2.24) is 0 Å². The second-order valence-electron chi connectivity index (χ2n) is 3.21. The average molecular weight is 336 g/mol. The topological polar surface area (TPSA) is 43.1 Å². The van der Waals surface area contributed by atoms with E-state index in [1.807, 2.05) is 0 Å². The van der Waals surface area contributed by atoms with Crippen LogP contribution in [0.2, 0.25) is 0 Å². The summed E-state index contributed by atoms with van der Waals surface area (Å²) in [5.74, 6) is -1.60. The van der Waals surface area contributed by atoms with Gasteiger partial charge in [0, 0.05) is 4.47 Å². The predicted octanol–water partition coefficient (Wildman–Crippen LogP) is 3.59. The van der Waals surface area contributed by atoms with Gasteiger partial charge in [-0.1, -0.05) is 0 Å².